The summed E-state index contributed by atoms with van der Waals surface area (Å²) in [5.41, 5.74) is 4.74. The number of hydrogen-bond acceptors (Lipinski definition) is 3. The van der Waals surface area contributed by atoms with E-state index in [1.165, 1.54) is 9.87 Å². The molecule has 1 amide bonds. The van der Waals surface area contributed by atoms with Crippen LogP contribution >= 0.6 is 0 Å². The van der Waals surface area contributed by atoms with Crippen molar-refractivity contribution in [1.29, 1.82) is 0 Å². The maximum absolute atomic E-state index is 13.5. The van der Waals surface area contributed by atoms with Crippen LogP contribution in [0.15, 0.2) is 77.7 Å². The average Bonchev–Trinajstić information content (AvgIpc) is 2.78. The molecule has 3 aromatic carbocycles. The molecule has 0 N–H and O–H groups in total. The van der Waals surface area contributed by atoms with Gasteiger partial charge < -0.3 is 4.90 Å². The van der Waals surface area contributed by atoms with Gasteiger partial charge in [0.15, 0.2) is 0 Å². The zero-order valence-electron chi connectivity index (χ0n) is 17.8. The van der Waals surface area contributed by atoms with E-state index in [1.54, 1.807) is 41.3 Å². The van der Waals surface area contributed by atoms with E-state index in [4.69, 9.17) is 0 Å². The van der Waals surface area contributed by atoms with Crippen molar-refractivity contribution >= 4 is 21.6 Å². The minimum Gasteiger partial charge on any atom is -0.336 e. The molecule has 1 aliphatic heterocycles. The van der Waals surface area contributed by atoms with E-state index < -0.39 is 10.0 Å². The molecule has 0 atom stereocenters. The van der Waals surface area contributed by atoms with Gasteiger partial charge in [0.05, 0.1) is 10.6 Å². The fraction of sp³-hybridized carbons (Fsp3) is 0.240. The molecule has 0 saturated heterocycles. The van der Waals surface area contributed by atoms with Gasteiger partial charge in [0, 0.05) is 13.1 Å². The molecule has 1 aliphatic rings. The number of rotatable bonds is 5. The van der Waals surface area contributed by atoms with Crippen molar-refractivity contribution < 1.29 is 13.2 Å². The zero-order valence-corrected chi connectivity index (χ0v) is 18.6. The molecule has 0 aliphatic carbocycles. The van der Waals surface area contributed by atoms with Crippen LogP contribution in [-0.4, -0.2) is 32.3 Å². The Balaban J connectivity index is 1.68. The molecular weight excluding hydrogens is 408 g/mol. The number of sulfonamides is 1. The van der Waals surface area contributed by atoms with E-state index in [9.17, 15) is 13.2 Å². The number of carbonyl (C=O) groups excluding carboxylic acids is 1. The zero-order chi connectivity index (χ0) is 22.0. The van der Waals surface area contributed by atoms with Gasteiger partial charge in [0.2, 0.25) is 5.91 Å². The van der Waals surface area contributed by atoms with Crippen molar-refractivity contribution in [2.45, 2.75) is 31.7 Å². The molecule has 31 heavy (non-hydrogen) atoms. The summed E-state index contributed by atoms with van der Waals surface area (Å²) >= 11 is 0. The summed E-state index contributed by atoms with van der Waals surface area (Å²) in [5.74, 6) is -0.200. The van der Waals surface area contributed by atoms with Crippen LogP contribution in [0.4, 0.5) is 5.69 Å². The third kappa shape index (κ3) is 4.35. The van der Waals surface area contributed by atoms with Crippen molar-refractivity contribution in [3.05, 3.63) is 95.1 Å². The second kappa shape index (κ2) is 8.55. The first-order valence-electron chi connectivity index (χ1n) is 10.4. The lowest BCUT2D eigenvalue weighted by Crippen LogP contribution is -2.45. The van der Waals surface area contributed by atoms with Crippen molar-refractivity contribution in [3.63, 3.8) is 0 Å². The Bertz CT molecular complexity index is 1210. The van der Waals surface area contributed by atoms with Gasteiger partial charge in [-0.2, -0.15) is 0 Å². The summed E-state index contributed by atoms with van der Waals surface area (Å²) < 4.78 is 28.3. The fourth-order valence-corrected chi connectivity index (χ4v) is 5.54. The van der Waals surface area contributed by atoms with E-state index in [0.29, 0.717) is 18.8 Å². The standard InChI is InChI=1S/C25H26N2O3S/c1-19-12-13-24(20(2)16-19)27(31(29,30)23-10-4-3-5-11-23)18-25(28)26-15-14-21-8-6-7-9-22(21)17-26/h3-13,16H,14-15,17-18H2,1-2H3. The van der Waals surface area contributed by atoms with E-state index in [2.05, 4.69) is 6.07 Å². The van der Waals surface area contributed by atoms with E-state index in [0.717, 1.165) is 23.1 Å². The first kappa shape index (κ1) is 21.1. The Hall–Kier alpha value is -3.12. The predicted molar refractivity (Wildman–Crippen MR) is 122 cm³/mol. The molecule has 0 spiro atoms. The van der Waals surface area contributed by atoms with Crippen LogP contribution in [0.3, 0.4) is 0 Å². The number of benzene rings is 3. The van der Waals surface area contributed by atoms with Gasteiger partial charge in [-0.25, -0.2) is 8.42 Å². The summed E-state index contributed by atoms with van der Waals surface area (Å²) in [6.45, 7) is 4.69. The Kier molecular flexibility index (Phi) is 5.83. The van der Waals surface area contributed by atoms with Crippen molar-refractivity contribution in [3.8, 4) is 0 Å². The second-order valence-corrected chi connectivity index (χ2v) is 9.81. The molecular formula is C25H26N2O3S. The summed E-state index contributed by atoms with van der Waals surface area (Å²) in [4.78, 5) is 15.2. The highest BCUT2D eigenvalue weighted by Crippen LogP contribution is 2.28. The monoisotopic (exact) mass is 434 g/mol. The first-order chi connectivity index (χ1) is 14.9. The van der Waals surface area contributed by atoms with Crippen LogP contribution in [-0.2, 0) is 27.8 Å². The number of aryl methyl sites for hydroxylation is 2. The molecule has 0 aromatic heterocycles. The molecule has 160 valence electrons. The number of amides is 1. The number of carbonyl (C=O) groups is 1. The van der Waals surface area contributed by atoms with Gasteiger partial charge in [0.25, 0.3) is 10.0 Å². The molecule has 6 heteroatoms. The first-order valence-corrected chi connectivity index (χ1v) is 11.8. The maximum atomic E-state index is 13.5. The Labute approximate surface area is 184 Å². The number of hydrogen-bond donors (Lipinski definition) is 0. The molecule has 0 bridgehead atoms. The van der Waals surface area contributed by atoms with Crippen LogP contribution < -0.4 is 4.31 Å². The van der Waals surface area contributed by atoms with E-state index >= 15 is 0 Å². The summed E-state index contributed by atoms with van der Waals surface area (Å²) in [5, 5.41) is 0. The highest BCUT2D eigenvalue weighted by Gasteiger charge is 2.30. The normalized spacial score (nSPS) is 13.5. The summed E-state index contributed by atoms with van der Waals surface area (Å²) in [6.07, 6.45) is 0.775. The minimum atomic E-state index is -3.90. The maximum Gasteiger partial charge on any atom is 0.264 e. The predicted octanol–water partition coefficient (Wildman–Crippen LogP) is 4.08. The summed E-state index contributed by atoms with van der Waals surface area (Å²) in [7, 11) is -3.90. The fourth-order valence-electron chi connectivity index (χ4n) is 4.04. The highest BCUT2D eigenvalue weighted by molar-refractivity contribution is 7.92. The van der Waals surface area contributed by atoms with Gasteiger partial charge in [-0.15, -0.1) is 0 Å². The molecule has 0 saturated carbocycles. The lowest BCUT2D eigenvalue weighted by molar-refractivity contribution is -0.130. The largest absolute Gasteiger partial charge is 0.336 e. The van der Waals surface area contributed by atoms with Crippen LogP contribution in [0.5, 0.6) is 0 Å². The van der Waals surface area contributed by atoms with E-state index in [1.807, 2.05) is 44.2 Å². The number of nitrogens with zero attached hydrogens (tertiary/aromatic N) is 2. The number of fused-ring (bicyclic) bond motifs is 1. The second-order valence-electron chi connectivity index (χ2n) is 7.95. The average molecular weight is 435 g/mol. The van der Waals surface area contributed by atoms with Crippen LogP contribution in [0.2, 0.25) is 0 Å². The van der Waals surface area contributed by atoms with Gasteiger partial charge in [-0.3, -0.25) is 9.10 Å². The molecule has 0 fully saturated rings. The van der Waals surface area contributed by atoms with Crippen molar-refractivity contribution in [2.75, 3.05) is 17.4 Å². The molecule has 1 heterocycles. The lowest BCUT2D eigenvalue weighted by atomic mass is 10.00. The van der Waals surface area contributed by atoms with Crippen molar-refractivity contribution in [1.82, 2.24) is 4.90 Å². The third-order valence-electron chi connectivity index (χ3n) is 5.71. The van der Waals surface area contributed by atoms with Gasteiger partial charge in [-0.05, 0) is 55.2 Å². The quantitative estimate of drug-likeness (QED) is 0.608. The molecule has 0 radical (unpaired) electrons. The van der Waals surface area contributed by atoms with E-state index in [-0.39, 0.29) is 17.3 Å². The smallest absolute Gasteiger partial charge is 0.264 e. The van der Waals surface area contributed by atoms with Gasteiger partial charge >= 0.3 is 0 Å². The Morgan fingerprint density at radius 1 is 0.935 bits per heavy atom. The molecule has 4 rings (SSSR count). The molecule has 5 nitrogen and oxygen atoms in total. The number of anilines is 1. The minimum absolute atomic E-state index is 0.173. The van der Waals surface area contributed by atoms with Gasteiger partial charge in [-0.1, -0.05) is 60.2 Å². The topological polar surface area (TPSA) is 57.7 Å². The van der Waals surface area contributed by atoms with Crippen LogP contribution in [0.1, 0.15) is 22.3 Å². The molecule has 3 aromatic rings. The van der Waals surface area contributed by atoms with Gasteiger partial charge in [0.1, 0.15) is 6.54 Å². The third-order valence-corrected chi connectivity index (χ3v) is 7.49. The SMILES string of the molecule is Cc1ccc(N(CC(=O)N2CCc3ccccc3C2)S(=O)(=O)c2ccccc2)c(C)c1. The summed E-state index contributed by atoms with van der Waals surface area (Å²) in [6, 6.07) is 22.0. The van der Waals surface area contributed by atoms with Crippen LogP contribution in [0, 0.1) is 13.8 Å². The molecule has 0 unspecified atom stereocenters. The van der Waals surface area contributed by atoms with Crippen LogP contribution in [0.25, 0.3) is 0 Å². The van der Waals surface area contributed by atoms with Crippen molar-refractivity contribution in [2.24, 2.45) is 0 Å². The highest BCUT2D eigenvalue weighted by atomic mass is 32.2. The Morgan fingerprint density at radius 3 is 2.32 bits per heavy atom. The Morgan fingerprint density at radius 2 is 1.61 bits per heavy atom. The lowest BCUT2D eigenvalue weighted by Gasteiger charge is -2.32.